The lowest BCUT2D eigenvalue weighted by Gasteiger charge is -2.23. The molecule has 0 bridgehead atoms. The third-order valence-corrected chi connectivity index (χ3v) is 6.46. The smallest absolute Gasteiger partial charge is 0.255 e. The predicted molar refractivity (Wildman–Crippen MR) is 138 cm³/mol. The summed E-state index contributed by atoms with van der Waals surface area (Å²) in [6, 6.07) is 9.47. The van der Waals surface area contributed by atoms with Crippen LogP contribution in [0.4, 0.5) is 17.5 Å². The molecule has 9 heteroatoms. The summed E-state index contributed by atoms with van der Waals surface area (Å²) in [4.78, 5) is 35.7. The Hall–Kier alpha value is -3.85. The van der Waals surface area contributed by atoms with E-state index in [1.165, 1.54) is 6.33 Å². The maximum atomic E-state index is 12.8. The van der Waals surface area contributed by atoms with E-state index in [4.69, 9.17) is 4.98 Å². The van der Waals surface area contributed by atoms with Crippen molar-refractivity contribution in [3.63, 3.8) is 0 Å². The van der Waals surface area contributed by atoms with E-state index in [9.17, 15) is 4.79 Å². The van der Waals surface area contributed by atoms with Gasteiger partial charge in [0.1, 0.15) is 17.4 Å². The summed E-state index contributed by atoms with van der Waals surface area (Å²) < 4.78 is 0. The zero-order valence-corrected chi connectivity index (χ0v) is 20.1. The monoisotopic (exact) mass is 470 g/mol. The number of para-hydroxylation sites is 1. The number of carbonyl (C=O) groups excluding carboxylic acids is 1. The number of nitrogens with one attached hydrogen (secondary N) is 2. The van der Waals surface area contributed by atoms with E-state index < -0.39 is 0 Å². The average molecular weight is 471 g/mol. The molecule has 180 valence electrons. The van der Waals surface area contributed by atoms with Gasteiger partial charge in [0.05, 0.1) is 6.20 Å². The first-order chi connectivity index (χ1) is 17.1. The van der Waals surface area contributed by atoms with Crippen molar-refractivity contribution in [1.29, 1.82) is 0 Å². The first kappa shape index (κ1) is 22.9. The number of aromatic nitrogens is 4. The average Bonchev–Trinajstić information content (AvgIpc) is 3.10. The van der Waals surface area contributed by atoms with Crippen molar-refractivity contribution >= 4 is 34.4 Å². The van der Waals surface area contributed by atoms with Crippen molar-refractivity contribution in [2.45, 2.75) is 19.8 Å². The van der Waals surface area contributed by atoms with Crippen LogP contribution in [-0.2, 0) is 4.79 Å². The van der Waals surface area contributed by atoms with Crippen molar-refractivity contribution < 1.29 is 4.79 Å². The number of carbonyl (C=O) groups is 1. The summed E-state index contributed by atoms with van der Waals surface area (Å²) >= 11 is 0. The Morgan fingerprint density at radius 2 is 1.91 bits per heavy atom. The minimum atomic E-state index is -0.134. The number of anilines is 3. The van der Waals surface area contributed by atoms with Gasteiger partial charge in [0.2, 0.25) is 5.95 Å². The summed E-state index contributed by atoms with van der Waals surface area (Å²) in [5.41, 5.74) is 3.66. The molecule has 1 aliphatic carbocycles. The van der Waals surface area contributed by atoms with Crippen LogP contribution in [-0.4, -0.2) is 64.0 Å². The Morgan fingerprint density at radius 3 is 2.77 bits per heavy atom. The molecule has 1 aromatic carbocycles. The van der Waals surface area contributed by atoms with Gasteiger partial charge in [0.25, 0.3) is 5.91 Å². The fourth-order valence-corrected chi connectivity index (χ4v) is 4.31. The fraction of sp³-hybridized carbons (Fsp3) is 0.346. The van der Waals surface area contributed by atoms with Gasteiger partial charge in [0, 0.05) is 36.6 Å². The molecule has 1 aliphatic heterocycles. The van der Waals surface area contributed by atoms with Gasteiger partial charge < -0.3 is 20.4 Å². The highest BCUT2D eigenvalue weighted by Gasteiger charge is 2.21. The van der Waals surface area contributed by atoms with Crippen LogP contribution < -0.4 is 15.5 Å². The van der Waals surface area contributed by atoms with Crippen LogP contribution >= 0.6 is 0 Å². The predicted octanol–water partition coefficient (Wildman–Crippen LogP) is 3.46. The summed E-state index contributed by atoms with van der Waals surface area (Å²) in [5, 5.41) is 6.40. The van der Waals surface area contributed by atoms with Gasteiger partial charge in [-0.05, 0) is 50.6 Å². The minimum Gasteiger partial charge on any atom is -0.342 e. The van der Waals surface area contributed by atoms with Crippen LogP contribution in [0, 0.1) is 5.92 Å². The van der Waals surface area contributed by atoms with Crippen molar-refractivity contribution in [3.05, 3.63) is 66.3 Å². The molecule has 3 heterocycles. The third kappa shape index (κ3) is 5.30. The zero-order chi connectivity index (χ0) is 24.2. The third-order valence-electron chi connectivity index (χ3n) is 6.46. The highest BCUT2D eigenvalue weighted by atomic mass is 16.1. The molecule has 2 aliphatic rings. The SMILES string of the molecule is CC1CC=C(C(=O)Nc2ccccc2)C=C1Nc1ncnc2cnc(N3CCCN(C)CC3)nc12. The highest BCUT2D eigenvalue weighted by Crippen LogP contribution is 2.28. The maximum Gasteiger partial charge on any atom is 0.255 e. The number of allylic oxidation sites excluding steroid dienone is 2. The van der Waals surface area contributed by atoms with E-state index in [1.807, 2.05) is 42.5 Å². The molecule has 5 rings (SSSR count). The molecule has 3 aromatic rings. The second-order valence-electron chi connectivity index (χ2n) is 9.11. The first-order valence-corrected chi connectivity index (χ1v) is 12.0. The fourth-order valence-electron chi connectivity index (χ4n) is 4.31. The molecule has 2 N–H and O–H groups in total. The van der Waals surface area contributed by atoms with Crippen LogP contribution in [0.25, 0.3) is 11.0 Å². The van der Waals surface area contributed by atoms with Crippen LogP contribution in [0.5, 0.6) is 0 Å². The Balaban J connectivity index is 1.39. The molecule has 1 unspecified atom stereocenters. The zero-order valence-electron chi connectivity index (χ0n) is 20.1. The van der Waals surface area contributed by atoms with E-state index in [0.717, 1.165) is 50.4 Å². The largest absolute Gasteiger partial charge is 0.342 e. The van der Waals surface area contributed by atoms with E-state index in [0.29, 0.717) is 28.4 Å². The first-order valence-electron chi connectivity index (χ1n) is 12.0. The minimum absolute atomic E-state index is 0.134. The topological polar surface area (TPSA) is 99.2 Å². The number of likely N-dealkylation sites (N-methyl/N-ethyl adjacent to an activating group) is 1. The molecule has 1 fully saturated rings. The van der Waals surface area contributed by atoms with E-state index in [-0.39, 0.29) is 11.8 Å². The molecule has 9 nitrogen and oxygen atoms in total. The van der Waals surface area contributed by atoms with Crippen molar-refractivity contribution in [1.82, 2.24) is 24.8 Å². The number of benzene rings is 1. The van der Waals surface area contributed by atoms with Crippen molar-refractivity contribution in [3.8, 4) is 0 Å². The summed E-state index contributed by atoms with van der Waals surface area (Å²) in [6.45, 7) is 5.96. The molecular weight excluding hydrogens is 440 g/mol. The van der Waals surface area contributed by atoms with Gasteiger partial charge >= 0.3 is 0 Å². The molecule has 1 atom stereocenters. The van der Waals surface area contributed by atoms with E-state index in [1.54, 1.807) is 6.20 Å². The van der Waals surface area contributed by atoms with Crippen LogP contribution in [0.1, 0.15) is 19.8 Å². The number of fused-ring (bicyclic) bond motifs is 1. The molecule has 0 radical (unpaired) electrons. The number of nitrogens with zero attached hydrogens (tertiary/aromatic N) is 6. The Labute approximate surface area is 205 Å². The molecule has 35 heavy (non-hydrogen) atoms. The second kappa shape index (κ2) is 10.2. The van der Waals surface area contributed by atoms with Crippen LogP contribution in [0.2, 0.25) is 0 Å². The Bertz CT molecular complexity index is 1270. The molecule has 2 aromatic heterocycles. The van der Waals surface area contributed by atoms with Gasteiger partial charge in [0.15, 0.2) is 5.82 Å². The number of rotatable bonds is 5. The van der Waals surface area contributed by atoms with E-state index in [2.05, 4.69) is 49.4 Å². The summed E-state index contributed by atoms with van der Waals surface area (Å²) in [6.07, 6.45) is 8.97. The van der Waals surface area contributed by atoms with Gasteiger partial charge in [-0.25, -0.2) is 19.9 Å². The normalized spacial score (nSPS) is 19.0. The molecule has 1 saturated heterocycles. The molecule has 0 spiro atoms. The van der Waals surface area contributed by atoms with E-state index >= 15 is 0 Å². The lowest BCUT2D eigenvalue weighted by molar-refractivity contribution is -0.112. The van der Waals surface area contributed by atoms with Gasteiger partial charge in [-0.15, -0.1) is 0 Å². The summed E-state index contributed by atoms with van der Waals surface area (Å²) in [7, 11) is 2.14. The Kier molecular flexibility index (Phi) is 6.67. The molecule has 1 amide bonds. The highest BCUT2D eigenvalue weighted by molar-refractivity contribution is 6.06. The van der Waals surface area contributed by atoms with Crippen molar-refractivity contribution in [2.75, 3.05) is 48.8 Å². The quantitative estimate of drug-likeness (QED) is 0.585. The number of amides is 1. The Morgan fingerprint density at radius 1 is 1.06 bits per heavy atom. The lowest BCUT2D eigenvalue weighted by atomic mass is 9.94. The second-order valence-corrected chi connectivity index (χ2v) is 9.11. The van der Waals surface area contributed by atoms with Crippen molar-refractivity contribution in [2.24, 2.45) is 5.92 Å². The van der Waals surface area contributed by atoms with Gasteiger partial charge in [-0.2, -0.15) is 0 Å². The lowest BCUT2D eigenvalue weighted by Crippen LogP contribution is -2.30. The van der Waals surface area contributed by atoms with Gasteiger partial charge in [-0.3, -0.25) is 4.79 Å². The standard InChI is InChI=1S/C26H30N8O/c1-18-9-10-19(25(35)30-20-7-4-3-5-8-20)15-21(18)31-24-23-22(28-17-29-24)16-27-26(32-23)34-12-6-11-33(2)13-14-34/h3-5,7-8,10,15-18H,6,9,11-14H2,1-2H3,(H,30,35)(H,28,29,31). The van der Waals surface area contributed by atoms with Crippen LogP contribution in [0.3, 0.4) is 0 Å². The maximum absolute atomic E-state index is 12.8. The summed E-state index contributed by atoms with van der Waals surface area (Å²) in [5.74, 6) is 1.38. The number of hydrogen-bond donors (Lipinski definition) is 2. The molecule has 0 saturated carbocycles. The number of hydrogen-bond acceptors (Lipinski definition) is 8. The van der Waals surface area contributed by atoms with Gasteiger partial charge in [-0.1, -0.05) is 31.2 Å². The van der Waals surface area contributed by atoms with Crippen LogP contribution in [0.15, 0.2) is 66.3 Å². The molecular formula is C26H30N8O.